The van der Waals surface area contributed by atoms with E-state index in [0.29, 0.717) is 10.8 Å². The lowest BCUT2D eigenvalue weighted by Crippen LogP contribution is -1.71. The van der Waals surface area contributed by atoms with Gasteiger partial charge in [0.2, 0.25) is 0 Å². The van der Waals surface area contributed by atoms with Crippen LogP contribution in [0.3, 0.4) is 0 Å². The van der Waals surface area contributed by atoms with Crippen molar-refractivity contribution in [3.63, 3.8) is 0 Å². The Balaban J connectivity index is 3.14. The Kier molecular flexibility index (Phi) is 2.51. The van der Waals surface area contributed by atoms with Gasteiger partial charge in [0.05, 0.1) is 10.2 Å². The highest BCUT2D eigenvalue weighted by atomic mass is 35.5. The Morgan fingerprint density at radius 3 is 3.10 bits per heavy atom. The van der Waals surface area contributed by atoms with Crippen LogP contribution in [0.2, 0.25) is 5.02 Å². The Morgan fingerprint density at radius 2 is 2.50 bits per heavy atom. The van der Waals surface area contributed by atoms with E-state index in [-0.39, 0.29) is 0 Å². The molecule has 0 saturated heterocycles. The van der Waals surface area contributed by atoms with Gasteiger partial charge in [-0.1, -0.05) is 11.6 Å². The summed E-state index contributed by atoms with van der Waals surface area (Å²) in [6.07, 6.45) is 1.59. The third-order valence-corrected chi connectivity index (χ3v) is 1.28. The van der Waals surface area contributed by atoms with Crippen LogP contribution in [0.1, 0.15) is 0 Å². The van der Waals surface area contributed by atoms with E-state index in [1.807, 2.05) is 0 Å². The molecule has 0 aliphatic carbocycles. The predicted molar refractivity (Wildman–Crippen MR) is 43.9 cm³/mol. The van der Waals surface area contributed by atoms with Crippen molar-refractivity contribution < 1.29 is 0 Å². The fraction of sp³-hybridized carbons (Fsp3) is 0. The standard InChI is InChI=1S/C6H3ClN2S/c7-5-2-1-3-8-6(5)9-4-10/h1-3H. The molecule has 0 aliphatic heterocycles. The molecule has 1 aromatic rings. The first-order chi connectivity index (χ1) is 4.84. The molecule has 0 bridgehead atoms. The molecule has 0 unspecified atom stereocenters. The third-order valence-electron chi connectivity index (χ3n) is 0.891. The number of thiocarbonyl (C=S) groups is 1. The molecule has 0 saturated carbocycles. The topological polar surface area (TPSA) is 25.2 Å². The smallest absolute Gasteiger partial charge is 0.181 e. The van der Waals surface area contributed by atoms with E-state index < -0.39 is 0 Å². The van der Waals surface area contributed by atoms with Crippen LogP contribution in [-0.2, 0) is 0 Å². The second kappa shape index (κ2) is 3.42. The lowest BCUT2D eigenvalue weighted by Gasteiger charge is -1.90. The molecular weight excluding hydrogens is 168 g/mol. The third kappa shape index (κ3) is 1.61. The number of hydrogen-bond acceptors (Lipinski definition) is 3. The number of aromatic nitrogens is 1. The average molecular weight is 171 g/mol. The van der Waals surface area contributed by atoms with E-state index in [2.05, 4.69) is 27.4 Å². The molecule has 1 rings (SSSR count). The van der Waals surface area contributed by atoms with Crippen molar-refractivity contribution in [2.75, 3.05) is 0 Å². The van der Waals surface area contributed by atoms with Gasteiger partial charge in [-0.3, -0.25) is 0 Å². The molecule has 2 nitrogen and oxygen atoms in total. The Hall–Kier alpha value is -0.760. The summed E-state index contributed by atoms with van der Waals surface area (Å²) >= 11 is 10.0. The van der Waals surface area contributed by atoms with Gasteiger partial charge >= 0.3 is 0 Å². The minimum Gasteiger partial charge on any atom is -0.235 e. The van der Waals surface area contributed by atoms with Gasteiger partial charge in [0.25, 0.3) is 0 Å². The number of hydrogen-bond donors (Lipinski definition) is 0. The summed E-state index contributed by atoms with van der Waals surface area (Å²) in [5, 5.41) is 2.67. The van der Waals surface area contributed by atoms with E-state index >= 15 is 0 Å². The van der Waals surface area contributed by atoms with Crippen molar-refractivity contribution in [1.82, 2.24) is 4.98 Å². The minimum atomic E-state index is 0.416. The minimum absolute atomic E-state index is 0.416. The highest BCUT2D eigenvalue weighted by Gasteiger charge is 1.94. The van der Waals surface area contributed by atoms with Crippen molar-refractivity contribution in [2.24, 2.45) is 4.99 Å². The highest BCUT2D eigenvalue weighted by molar-refractivity contribution is 7.78. The molecule has 0 amide bonds. The second-order valence-corrected chi connectivity index (χ2v) is 2.10. The van der Waals surface area contributed by atoms with Crippen molar-refractivity contribution in [3.05, 3.63) is 23.4 Å². The van der Waals surface area contributed by atoms with Crippen molar-refractivity contribution in [1.29, 1.82) is 0 Å². The monoisotopic (exact) mass is 170 g/mol. The maximum absolute atomic E-state index is 5.66. The first-order valence-corrected chi connectivity index (χ1v) is 3.31. The maximum Gasteiger partial charge on any atom is 0.181 e. The van der Waals surface area contributed by atoms with Gasteiger partial charge in [-0.15, -0.1) is 0 Å². The summed E-state index contributed by atoms with van der Waals surface area (Å²) in [4.78, 5) is 7.47. The molecule has 0 aromatic carbocycles. The quantitative estimate of drug-likeness (QED) is 0.478. The van der Waals surface area contributed by atoms with E-state index in [4.69, 9.17) is 11.6 Å². The number of nitrogens with zero attached hydrogens (tertiary/aromatic N) is 2. The molecule has 0 radical (unpaired) electrons. The van der Waals surface area contributed by atoms with Crippen LogP contribution < -0.4 is 0 Å². The van der Waals surface area contributed by atoms with Crippen LogP contribution in [0.15, 0.2) is 23.3 Å². The summed E-state index contributed by atoms with van der Waals surface area (Å²) < 4.78 is 0. The van der Waals surface area contributed by atoms with Gasteiger partial charge in [-0.25, -0.2) is 4.98 Å². The van der Waals surface area contributed by atoms with Crippen molar-refractivity contribution >= 4 is 34.8 Å². The zero-order valence-corrected chi connectivity index (χ0v) is 6.49. The fourth-order valence-corrected chi connectivity index (χ4v) is 0.753. The molecule has 0 fully saturated rings. The summed E-state index contributed by atoms with van der Waals surface area (Å²) in [6, 6.07) is 3.42. The molecule has 0 aliphatic rings. The first kappa shape index (κ1) is 7.35. The summed E-state index contributed by atoms with van der Waals surface area (Å²) in [6.45, 7) is 0. The Morgan fingerprint density at radius 1 is 1.70 bits per heavy atom. The van der Waals surface area contributed by atoms with E-state index in [0.717, 1.165) is 0 Å². The zero-order chi connectivity index (χ0) is 7.40. The molecular formula is C6H3ClN2S. The van der Waals surface area contributed by atoms with Gasteiger partial charge in [-0.05, 0) is 24.4 Å². The zero-order valence-electron chi connectivity index (χ0n) is 4.91. The summed E-state index contributed by atoms with van der Waals surface area (Å²) in [5.74, 6) is 0.416. The van der Waals surface area contributed by atoms with Crippen LogP contribution in [0.25, 0.3) is 0 Å². The summed E-state index contributed by atoms with van der Waals surface area (Å²) in [5.41, 5.74) is 0. The van der Waals surface area contributed by atoms with E-state index in [1.54, 1.807) is 18.3 Å². The SMILES string of the molecule is S=C=Nc1ncccc1Cl. The number of rotatable bonds is 1. The van der Waals surface area contributed by atoms with Crippen LogP contribution in [0.4, 0.5) is 5.82 Å². The number of aliphatic imine (C=N–C) groups is 1. The van der Waals surface area contributed by atoms with E-state index in [1.165, 1.54) is 0 Å². The lowest BCUT2D eigenvalue weighted by molar-refractivity contribution is 1.28. The van der Waals surface area contributed by atoms with Gasteiger partial charge in [-0.2, -0.15) is 4.99 Å². The number of isothiocyanates is 1. The van der Waals surface area contributed by atoms with Crippen LogP contribution >= 0.6 is 23.8 Å². The average Bonchev–Trinajstić information content (AvgIpc) is 1.94. The number of halogens is 1. The molecule has 1 aromatic heterocycles. The Bertz CT molecular complexity index is 281. The maximum atomic E-state index is 5.66. The van der Waals surface area contributed by atoms with Crippen LogP contribution in [-0.4, -0.2) is 10.1 Å². The normalized spacial score (nSPS) is 8.50. The van der Waals surface area contributed by atoms with Gasteiger partial charge < -0.3 is 0 Å². The molecule has 0 N–H and O–H groups in total. The van der Waals surface area contributed by atoms with Crippen molar-refractivity contribution in [3.8, 4) is 0 Å². The number of pyridine rings is 1. The van der Waals surface area contributed by atoms with Crippen LogP contribution in [0.5, 0.6) is 0 Å². The Labute approximate surface area is 68.6 Å². The molecule has 0 spiro atoms. The first-order valence-electron chi connectivity index (χ1n) is 2.53. The lowest BCUT2D eigenvalue weighted by atomic mass is 10.5. The molecule has 1 heterocycles. The highest BCUT2D eigenvalue weighted by Crippen LogP contribution is 2.19. The van der Waals surface area contributed by atoms with Crippen molar-refractivity contribution in [2.45, 2.75) is 0 Å². The molecule has 0 atom stereocenters. The van der Waals surface area contributed by atoms with Gasteiger partial charge in [0.15, 0.2) is 5.82 Å². The molecule has 10 heavy (non-hydrogen) atoms. The fourth-order valence-electron chi connectivity index (χ4n) is 0.503. The largest absolute Gasteiger partial charge is 0.235 e. The van der Waals surface area contributed by atoms with Crippen LogP contribution in [0, 0.1) is 0 Å². The predicted octanol–water partition coefficient (Wildman–Crippen LogP) is 2.47. The summed E-state index contributed by atoms with van der Waals surface area (Å²) in [7, 11) is 0. The van der Waals surface area contributed by atoms with E-state index in [9.17, 15) is 0 Å². The molecule has 50 valence electrons. The second-order valence-electron chi connectivity index (χ2n) is 1.51. The van der Waals surface area contributed by atoms with Gasteiger partial charge in [0.1, 0.15) is 0 Å². The molecule has 4 heteroatoms. The van der Waals surface area contributed by atoms with Gasteiger partial charge in [0, 0.05) is 6.20 Å².